The zero-order valence-electron chi connectivity index (χ0n) is 8.56. The van der Waals surface area contributed by atoms with E-state index >= 15 is 0 Å². The van der Waals surface area contributed by atoms with Crippen LogP contribution in [-0.4, -0.2) is 17.4 Å². The first kappa shape index (κ1) is 9.62. The van der Waals surface area contributed by atoms with E-state index in [9.17, 15) is 0 Å². The average Bonchev–Trinajstić information content (AvgIpc) is 2.18. The highest BCUT2D eigenvalue weighted by atomic mass is 16.7. The van der Waals surface area contributed by atoms with Crippen molar-refractivity contribution in [1.82, 2.24) is 4.98 Å². The molecule has 0 radical (unpaired) electrons. The number of hydrogen-bond donors (Lipinski definition) is 0. The number of rotatable bonds is 1. The molecular weight excluding hydrogens is 178 g/mol. The molecule has 76 valence electrons. The van der Waals surface area contributed by atoms with E-state index in [1.165, 1.54) is 0 Å². The fraction of sp³-hybridized carbons (Fsp3) is 0.545. The summed E-state index contributed by atoms with van der Waals surface area (Å²) in [4.78, 5) is 4.09. The van der Waals surface area contributed by atoms with Gasteiger partial charge in [-0.05, 0) is 25.5 Å². The number of nitrogens with zero attached hydrogens (tertiary/aromatic N) is 1. The molecule has 1 unspecified atom stereocenters. The Morgan fingerprint density at radius 2 is 2.36 bits per heavy atom. The molecule has 0 aromatic carbocycles. The molecule has 0 saturated carbocycles. The first-order valence-corrected chi connectivity index (χ1v) is 4.89. The minimum Gasteiger partial charge on any atom is -0.350 e. The highest BCUT2D eigenvalue weighted by Gasteiger charge is 2.30. The maximum absolute atomic E-state index is 5.80. The third-order valence-corrected chi connectivity index (χ3v) is 2.31. The van der Waals surface area contributed by atoms with Gasteiger partial charge < -0.3 is 9.47 Å². The van der Waals surface area contributed by atoms with Gasteiger partial charge in [-0.2, -0.15) is 0 Å². The Bertz CT molecular complexity index is 297. The summed E-state index contributed by atoms with van der Waals surface area (Å²) in [7, 11) is 0. The maximum Gasteiger partial charge on any atom is 0.163 e. The molecule has 1 aliphatic rings. The topological polar surface area (TPSA) is 31.4 Å². The Labute approximate surface area is 84.1 Å². The molecule has 0 aliphatic carbocycles. The Morgan fingerprint density at radius 1 is 1.50 bits per heavy atom. The number of ether oxygens (including phenoxy) is 2. The molecule has 0 bridgehead atoms. The molecule has 1 atom stereocenters. The van der Waals surface area contributed by atoms with Crippen molar-refractivity contribution in [2.45, 2.75) is 32.2 Å². The van der Waals surface area contributed by atoms with Gasteiger partial charge in [-0.3, -0.25) is 4.98 Å². The lowest BCUT2D eigenvalue weighted by molar-refractivity contribution is -0.275. The largest absolute Gasteiger partial charge is 0.350 e. The van der Waals surface area contributed by atoms with Gasteiger partial charge in [0.25, 0.3) is 0 Å². The highest BCUT2D eigenvalue weighted by molar-refractivity contribution is 5.12. The highest BCUT2D eigenvalue weighted by Crippen LogP contribution is 2.31. The second kappa shape index (κ2) is 3.67. The van der Waals surface area contributed by atoms with Gasteiger partial charge in [-0.15, -0.1) is 0 Å². The number of aromatic nitrogens is 1. The maximum atomic E-state index is 5.80. The summed E-state index contributed by atoms with van der Waals surface area (Å²) < 4.78 is 11.3. The normalized spacial score (nSPS) is 26.0. The van der Waals surface area contributed by atoms with Gasteiger partial charge in [0.2, 0.25) is 0 Å². The molecule has 1 aromatic heterocycles. The van der Waals surface area contributed by atoms with Gasteiger partial charge >= 0.3 is 0 Å². The van der Waals surface area contributed by atoms with E-state index in [1.54, 1.807) is 6.20 Å². The summed E-state index contributed by atoms with van der Waals surface area (Å²) in [5.41, 5.74) is 1.13. The lowest BCUT2D eigenvalue weighted by Crippen LogP contribution is -2.35. The van der Waals surface area contributed by atoms with Gasteiger partial charge in [-0.25, -0.2) is 0 Å². The van der Waals surface area contributed by atoms with Crippen molar-refractivity contribution < 1.29 is 9.47 Å². The molecule has 1 aromatic rings. The zero-order chi connectivity index (χ0) is 10.0. The molecule has 1 aliphatic heterocycles. The van der Waals surface area contributed by atoms with Crippen molar-refractivity contribution in [2.24, 2.45) is 0 Å². The number of hydrogen-bond acceptors (Lipinski definition) is 3. The van der Waals surface area contributed by atoms with Crippen molar-refractivity contribution in [3.05, 3.63) is 30.1 Å². The van der Waals surface area contributed by atoms with E-state index in [0.29, 0.717) is 0 Å². The van der Waals surface area contributed by atoms with Crippen LogP contribution in [0.1, 0.15) is 31.9 Å². The zero-order valence-corrected chi connectivity index (χ0v) is 8.56. The van der Waals surface area contributed by atoms with E-state index in [1.807, 2.05) is 32.2 Å². The predicted octanol–water partition coefficient (Wildman–Crippen LogP) is 2.30. The van der Waals surface area contributed by atoms with Crippen LogP contribution in [0.4, 0.5) is 0 Å². The molecule has 1 fully saturated rings. The molecule has 3 nitrogen and oxygen atoms in total. The van der Waals surface area contributed by atoms with Gasteiger partial charge in [0, 0.05) is 18.8 Å². The van der Waals surface area contributed by atoms with Gasteiger partial charge in [-0.1, -0.05) is 6.07 Å². The van der Waals surface area contributed by atoms with Crippen LogP contribution < -0.4 is 0 Å². The SMILES string of the molecule is CC1(C)OCCC(c2cccnc2)O1. The van der Waals surface area contributed by atoms with Crippen molar-refractivity contribution in [2.75, 3.05) is 6.61 Å². The van der Waals surface area contributed by atoms with E-state index in [2.05, 4.69) is 4.98 Å². The van der Waals surface area contributed by atoms with E-state index in [4.69, 9.17) is 9.47 Å². The quantitative estimate of drug-likeness (QED) is 0.685. The first-order valence-electron chi connectivity index (χ1n) is 4.89. The molecule has 1 saturated heterocycles. The summed E-state index contributed by atoms with van der Waals surface area (Å²) in [5.74, 6) is -0.473. The summed E-state index contributed by atoms with van der Waals surface area (Å²) in [6, 6.07) is 3.97. The van der Waals surface area contributed by atoms with Crippen molar-refractivity contribution in [3.8, 4) is 0 Å². The fourth-order valence-corrected chi connectivity index (χ4v) is 1.65. The Balaban J connectivity index is 2.12. The van der Waals surface area contributed by atoms with Crippen molar-refractivity contribution in [3.63, 3.8) is 0 Å². The molecule has 14 heavy (non-hydrogen) atoms. The van der Waals surface area contributed by atoms with Gasteiger partial charge in [0.1, 0.15) is 0 Å². The molecular formula is C11H15NO2. The summed E-state index contributed by atoms with van der Waals surface area (Å²) in [6.45, 7) is 4.62. The summed E-state index contributed by atoms with van der Waals surface area (Å²) in [6.07, 6.45) is 4.64. The van der Waals surface area contributed by atoms with E-state index in [0.717, 1.165) is 18.6 Å². The molecule has 2 heterocycles. The lowest BCUT2D eigenvalue weighted by Gasteiger charge is -2.36. The Kier molecular flexibility index (Phi) is 2.52. The van der Waals surface area contributed by atoms with Gasteiger partial charge in [0.05, 0.1) is 12.7 Å². The van der Waals surface area contributed by atoms with Crippen LogP contribution in [0.15, 0.2) is 24.5 Å². The molecule has 0 amide bonds. The van der Waals surface area contributed by atoms with Crippen LogP contribution in [-0.2, 0) is 9.47 Å². The minimum absolute atomic E-state index is 0.118. The molecule has 0 N–H and O–H groups in total. The summed E-state index contributed by atoms with van der Waals surface area (Å²) >= 11 is 0. The predicted molar refractivity (Wildman–Crippen MR) is 52.7 cm³/mol. The van der Waals surface area contributed by atoms with Crippen LogP contribution in [0, 0.1) is 0 Å². The monoisotopic (exact) mass is 193 g/mol. The van der Waals surface area contributed by atoms with E-state index < -0.39 is 5.79 Å². The fourth-order valence-electron chi connectivity index (χ4n) is 1.65. The Hall–Kier alpha value is -0.930. The van der Waals surface area contributed by atoms with Crippen LogP contribution >= 0.6 is 0 Å². The standard InChI is InChI=1S/C11H15NO2/c1-11(2)13-7-5-10(14-11)9-4-3-6-12-8-9/h3-4,6,8,10H,5,7H2,1-2H3. The lowest BCUT2D eigenvalue weighted by atomic mass is 10.1. The molecule has 2 rings (SSSR count). The van der Waals surface area contributed by atoms with Crippen molar-refractivity contribution in [1.29, 1.82) is 0 Å². The van der Waals surface area contributed by atoms with E-state index in [-0.39, 0.29) is 6.10 Å². The smallest absolute Gasteiger partial charge is 0.163 e. The van der Waals surface area contributed by atoms with Crippen LogP contribution in [0.25, 0.3) is 0 Å². The second-order valence-corrected chi connectivity index (χ2v) is 3.93. The van der Waals surface area contributed by atoms with Crippen LogP contribution in [0.5, 0.6) is 0 Å². The second-order valence-electron chi connectivity index (χ2n) is 3.93. The summed E-state index contributed by atoms with van der Waals surface area (Å²) in [5, 5.41) is 0. The van der Waals surface area contributed by atoms with Crippen molar-refractivity contribution >= 4 is 0 Å². The third kappa shape index (κ3) is 2.11. The third-order valence-electron chi connectivity index (χ3n) is 2.31. The number of pyridine rings is 1. The molecule has 3 heteroatoms. The average molecular weight is 193 g/mol. The van der Waals surface area contributed by atoms with Crippen LogP contribution in [0.2, 0.25) is 0 Å². The first-order chi connectivity index (χ1) is 6.67. The van der Waals surface area contributed by atoms with Crippen LogP contribution in [0.3, 0.4) is 0 Å². The minimum atomic E-state index is -0.473. The van der Waals surface area contributed by atoms with Gasteiger partial charge in [0.15, 0.2) is 5.79 Å². The Morgan fingerprint density at radius 3 is 3.00 bits per heavy atom. The molecule has 0 spiro atoms.